The molecular weight excluding hydrogens is 469 g/mol. The van der Waals surface area contributed by atoms with Crippen LogP contribution in [-0.4, -0.2) is 44.8 Å². The minimum atomic E-state index is -4.82. The molecule has 0 aliphatic heterocycles. The van der Waals surface area contributed by atoms with E-state index in [1.165, 1.54) is 18.2 Å². The number of carbonyl (C=O) groups excluding carboxylic acids is 2. The second-order valence-electron chi connectivity index (χ2n) is 8.10. The molecular formula is C22H21F3N6O4. The van der Waals surface area contributed by atoms with Gasteiger partial charge in [0.05, 0.1) is 11.3 Å². The Bertz CT molecular complexity index is 1300. The number of aromatic amines is 1. The molecule has 0 unspecified atom stereocenters. The molecule has 2 aromatic rings. The van der Waals surface area contributed by atoms with E-state index in [2.05, 4.69) is 41.9 Å². The lowest BCUT2D eigenvalue weighted by atomic mass is 9.81. The third kappa shape index (κ3) is 5.71. The zero-order valence-electron chi connectivity index (χ0n) is 18.3. The first kappa shape index (κ1) is 24.1. The Labute approximate surface area is 196 Å². The molecule has 0 bridgehead atoms. The van der Waals surface area contributed by atoms with E-state index in [1.807, 2.05) is 0 Å². The first-order chi connectivity index (χ1) is 16.7. The van der Waals surface area contributed by atoms with Gasteiger partial charge in [-0.1, -0.05) is 16.6 Å². The number of nitrogens with zero attached hydrogens (tertiary/aromatic N) is 3. The molecule has 2 aliphatic rings. The highest BCUT2D eigenvalue weighted by molar-refractivity contribution is 5.95. The molecule has 1 fully saturated rings. The van der Waals surface area contributed by atoms with Crippen molar-refractivity contribution in [2.75, 3.05) is 13.1 Å². The third-order valence-electron chi connectivity index (χ3n) is 5.78. The Hall–Kier alpha value is -4.08. The summed E-state index contributed by atoms with van der Waals surface area (Å²) in [6.07, 6.45) is 2.99. The van der Waals surface area contributed by atoms with Gasteiger partial charge in [0, 0.05) is 37.2 Å². The summed E-state index contributed by atoms with van der Waals surface area (Å²) in [5, 5.41) is 12.3. The van der Waals surface area contributed by atoms with Crippen LogP contribution < -0.4 is 16.4 Å². The quantitative estimate of drug-likeness (QED) is 0.402. The standard InChI is InChI=1S/C22H21F3N6O4/c23-22(24,25)17-16(12-31(29-17)15-4-2-1-3-5-15)20(33)27-11-10-26-19(32)14-8-6-13(7-9-14)18-28-21(34)35-30-18/h2,4-5,12-14H,6-11H2,(H,26,32)(H,27,33)(H,28,30,34). The maximum absolute atomic E-state index is 13.4. The van der Waals surface area contributed by atoms with Crippen molar-refractivity contribution in [3.05, 3.63) is 63.5 Å². The van der Waals surface area contributed by atoms with E-state index in [0.717, 1.165) is 10.9 Å². The van der Waals surface area contributed by atoms with Gasteiger partial charge in [0.25, 0.3) is 5.91 Å². The SMILES string of the molecule is O=C(NCCNC(=O)C1CCC(c2noc(=O)[nH]2)CC1)c1cn(C2=CC=C=C=C2)nc1C(F)(F)F. The van der Waals surface area contributed by atoms with E-state index in [0.29, 0.717) is 37.2 Å². The van der Waals surface area contributed by atoms with Crippen LogP contribution >= 0.6 is 0 Å². The van der Waals surface area contributed by atoms with Crippen LogP contribution in [0.25, 0.3) is 5.70 Å². The fourth-order valence-corrected chi connectivity index (χ4v) is 4.01. The molecule has 13 heteroatoms. The molecule has 3 N–H and O–H groups in total. The second-order valence-corrected chi connectivity index (χ2v) is 8.10. The van der Waals surface area contributed by atoms with Crippen LogP contribution in [0, 0.1) is 5.92 Å². The van der Waals surface area contributed by atoms with E-state index >= 15 is 0 Å². The van der Waals surface area contributed by atoms with Crippen LogP contribution in [0.1, 0.15) is 53.5 Å². The van der Waals surface area contributed by atoms with Gasteiger partial charge in [-0.25, -0.2) is 9.48 Å². The first-order valence-electron chi connectivity index (χ1n) is 10.9. The molecule has 0 radical (unpaired) electrons. The predicted octanol–water partition coefficient (Wildman–Crippen LogP) is 2.12. The summed E-state index contributed by atoms with van der Waals surface area (Å²) in [6.45, 7) is -0.00325. The van der Waals surface area contributed by atoms with Crippen LogP contribution in [0.3, 0.4) is 0 Å². The maximum Gasteiger partial charge on any atom is 0.438 e. The van der Waals surface area contributed by atoms with Gasteiger partial charge in [0.1, 0.15) is 0 Å². The summed E-state index contributed by atoms with van der Waals surface area (Å²) >= 11 is 0. The average Bonchev–Trinajstić information content (AvgIpc) is 3.49. The number of hydrogen-bond acceptors (Lipinski definition) is 6. The Kier molecular flexibility index (Phi) is 6.90. The lowest BCUT2D eigenvalue weighted by Gasteiger charge is -2.26. The van der Waals surface area contributed by atoms with Crippen molar-refractivity contribution < 1.29 is 27.3 Å². The lowest BCUT2D eigenvalue weighted by molar-refractivity contribution is -0.141. The van der Waals surface area contributed by atoms with Gasteiger partial charge in [-0.15, -0.1) is 0 Å². The van der Waals surface area contributed by atoms with Crippen LogP contribution in [0.2, 0.25) is 0 Å². The molecule has 1 saturated carbocycles. The third-order valence-corrected chi connectivity index (χ3v) is 5.78. The van der Waals surface area contributed by atoms with Gasteiger partial charge < -0.3 is 10.6 Å². The van der Waals surface area contributed by atoms with E-state index in [-0.39, 0.29) is 30.8 Å². The van der Waals surface area contributed by atoms with Crippen molar-refractivity contribution in [1.29, 1.82) is 0 Å². The van der Waals surface area contributed by atoms with Crippen LogP contribution in [0.5, 0.6) is 0 Å². The molecule has 10 nitrogen and oxygen atoms in total. The number of alkyl halides is 3. The molecule has 0 atom stereocenters. The number of halogens is 3. The van der Waals surface area contributed by atoms with Gasteiger partial charge in [0.2, 0.25) is 5.91 Å². The molecule has 2 heterocycles. The molecule has 2 amide bonds. The van der Waals surface area contributed by atoms with Crippen molar-refractivity contribution in [2.24, 2.45) is 5.92 Å². The minimum Gasteiger partial charge on any atom is -0.354 e. The Balaban J connectivity index is 1.27. The van der Waals surface area contributed by atoms with Gasteiger partial charge in [-0.3, -0.25) is 19.1 Å². The van der Waals surface area contributed by atoms with Crippen molar-refractivity contribution in [1.82, 2.24) is 30.6 Å². The van der Waals surface area contributed by atoms with Gasteiger partial charge in [0.15, 0.2) is 11.5 Å². The second kappa shape index (κ2) is 10.0. The van der Waals surface area contributed by atoms with Crippen molar-refractivity contribution in [3.8, 4) is 0 Å². The fourth-order valence-electron chi connectivity index (χ4n) is 4.01. The molecule has 35 heavy (non-hydrogen) atoms. The van der Waals surface area contributed by atoms with Crippen LogP contribution in [0.15, 0.2) is 45.2 Å². The van der Waals surface area contributed by atoms with Gasteiger partial charge in [-0.05, 0) is 37.8 Å². The number of allylic oxidation sites excluding steroid dienone is 4. The highest BCUT2D eigenvalue weighted by atomic mass is 19.4. The van der Waals surface area contributed by atoms with E-state index in [9.17, 15) is 27.6 Å². The average molecular weight is 490 g/mol. The van der Waals surface area contributed by atoms with Crippen molar-refractivity contribution in [2.45, 2.75) is 37.8 Å². The number of carbonyl (C=O) groups is 2. The molecule has 184 valence electrons. The predicted molar refractivity (Wildman–Crippen MR) is 115 cm³/mol. The minimum absolute atomic E-state index is 0.0143. The van der Waals surface area contributed by atoms with Gasteiger partial charge in [-0.2, -0.15) is 18.3 Å². The van der Waals surface area contributed by atoms with E-state index in [4.69, 9.17) is 0 Å². The maximum atomic E-state index is 13.4. The number of amides is 2. The molecule has 4 rings (SSSR count). The zero-order valence-corrected chi connectivity index (χ0v) is 18.3. The summed E-state index contributed by atoms with van der Waals surface area (Å²) in [5.41, 5.74) is 3.62. The van der Waals surface area contributed by atoms with Crippen molar-refractivity contribution in [3.63, 3.8) is 0 Å². The number of H-pyrrole nitrogens is 1. The van der Waals surface area contributed by atoms with Crippen LogP contribution in [-0.2, 0) is 11.0 Å². The van der Waals surface area contributed by atoms with E-state index in [1.54, 1.807) is 0 Å². The highest BCUT2D eigenvalue weighted by Crippen LogP contribution is 2.34. The zero-order chi connectivity index (χ0) is 25.0. The fraction of sp³-hybridized carbons (Fsp3) is 0.409. The number of hydrogen-bond donors (Lipinski definition) is 3. The number of aromatic nitrogens is 4. The van der Waals surface area contributed by atoms with E-state index < -0.39 is 29.1 Å². The highest BCUT2D eigenvalue weighted by Gasteiger charge is 2.39. The monoisotopic (exact) mass is 490 g/mol. The van der Waals surface area contributed by atoms with Crippen LogP contribution in [0.4, 0.5) is 13.2 Å². The molecule has 2 aliphatic carbocycles. The Morgan fingerprint density at radius 3 is 2.54 bits per heavy atom. The summed E-state index contributed by atoms with van der Waals surface area (Å²) in [5.74, 6) is -1.52. The first-order valence-corrected chi connectivity index (χ1v) is 10.9. The molecule has 2 aromatic heterocycles. The summed E-state index contributed by atoms with van der Waals surface area (Å²) < 4.78 is 45.7. The largest absolute Gasteiger partial charge is 0.438 e. The summed E-state index contributed by atoms with van der Waals surface area (Å²) in [4.78, 5) is 38.5. The Morgan fingerprint density at radius 2 is 1.91 bits per heavy atom. The summed E-state index contributed by atoms with van der Waals surface area (Å²) in [7, 11) is 0. The molecule has 0 spiro atoms. The lowest BCUT2D eigenvalue weighted by Crippen LogP contribution is -2.38. The number of rotatable bonds is 7. The topological polar surface area (TPSA) is 135 Å². The molecule has 0 saturated heterocycles. The summed E-state index contributed by atoms with van der Waals surface area (Å²) in [6, 6.07) is 0. The van der Waals surface area contributed by atoms with Gasteiger partial charge >= 0.3 is 11.9 Å². The Morgan fingerprint density at radius 1 is 1.17 bits per heavy atom. The number of nitrogens with one attached hydrogen (secondary N) is 3. The molecule has 0 aromatic carbocycles. The van der Waals surface area contributed by atoms with Crippen molar-refractivity contribution >= 4 is 17.5 Å². The smallest absolute Gasteiger partial charge is 0.354 e. The normalized spacial score (nSPS) is 19.5.